The van der Waals surface area contributed by atoms with E-state index < -0.39 is 0 Å². The fourth-order valence-corrected chi connectivity index (χ4v) is 3.23. The second-order valence-electron chi connectivity index (χ2n) is 5.38. The number of nitrogens with zero attached hydrogens (tertiary/aromatic N) is 1. The molecule has 87 valence electrons. The van der Waals surface area contributed by atoms with E-state index in [2.05, 4.69) is 24.2 Å². The van der Waals surface area contributed by atoms with E-state index in [1.54, 1.807) is 0 Å². The maximum Gasteiger partial charge on any atom is 0.0121 e. The third-order valence-corrected chi connectivity index (χ3v) is 4.22. The SMILES string of the molecule is [CH2]C(CC1CCNCC1)C1CCCN1C. The zero-order chi connectivity index (χ0) is 10.7. The second-order valence-corrected chi connectivity index (χ2v) is 5.38. The lowest BCUT2D eigenvalue weighted by molar-refractivity contribution is 0.212. The van der Waals surface area contributed by atoms with Gasteiger partial charge < -0.3 is 10.2 Å². The lowest BCUT2D eigenvalue weighted by Gasteiger charge is -2.31. The van der Waals surface area contributed by atoms with E-state index in [1.165, 1.54) is 51.7 Å². The molecular weight excluding hydrogens is 184 g/mol. The monoisotopic (exact) mass is 209 g/mol. The zero-order valence-electron chi connectivity index (χ0n) is 10.0. The van der Waals surface area contributed by atoms with Crippen molar-refractivity contribution in [1.82, 2.24) is 10.2 Å². The third-order valence-electron chi connectivity index (χ3n) is 4.22. The van der Waals surface area contributed by atoms with Crippen LogP contribution in [-0.4, -0.2) is 37.6 Å². The van der Waals surface area contributed by atoms with Gasteiger partial charge in [-0.3, -0.25) is 0 Å². The van der Waals surface area contributed by atoms with Gasteiger partial charge in [0.25, 0.3) is 0 Å². The molecule has 0 saturated carbocycles. The molecule has 0 aromatic rings. The minimum absolute atomic E-state index is 0.653. The molecule has 2 rings (SSSR count). The van der Waals surface area contributed by atoms with E-state index in [0.29, 0.717) is 5.92 Å². The van der Waals surface area contributed by atoms with Gasteiger partial charge in [0.2, 0.25) is 0 Å². The highest BCUT2D eigenvalue weighted by molar-refractivity contribution is 4.86. The number of likely N-dealkylation sites (tertiary alicyclic amines) is 1. The summed E-state index contributed by atoms with van der Waals surface area (Å²) in [6.07, 6.45) is 6.82. The molecule has 2 unspecified atom stereocenters. The third kappa shape index (κ3) is 2.94. The van der Waals surface area contributed by atoms with Gasteiger partial charge in [0, 0.05) is 6.04 Å². The normalized spacial score (nSPS) is 32.0. The molecule has 2 nitrogen and oxygen atoms in total. The summed E-state index contributed by atoms with van der Waals surface area (Å²) >= 11 is 0. The lowest BCUT2D eigenvalue weighted by atomic mass is 9.84. The van der Waals surface area contributed by atoms with E-state index in [9.17, 15) is 0 Å². The van der Waals surface area contributed by atoms with Gasteiger partial charge in [-0.2, -0.15) is 0 Å². The summed E-state index contributed by atoms with van der Waals surface area (Å²) in [6, 6.07) is 0.764. The van der Waals surface area contributed by atoms with E-state index in [1.807, 2.05) is 0 Å². The van der Waals surface area contributed by atoms with Gasteiger partial charge in [0.05, 0.1) is 0 Å². The Balaban J connectivity index is 1.77. The summed E-state index contributed by atoms with van der Waals surface area (Å²) in [5, 5.41) is 3.44. The van der Waals surface area contributed by atoms with Crippen molar-refractivity contribution in [3.05, 3.63) is 6.92 Å². The number of nitrogens with one attached hydrogen (secondary N) is 1. The summed E-state index contributed by atoms with van der Waals surface area (Å²) in [6.45, 7) is 8.12. The Morgan fingerprint density at radius 3 is 2.67 bits per heavy atom. The molecule has 0 bridgehead atoms. The highest BCUT2D eigenvalue weighted by atomic mass is 15.1. The van der Waals surface area contributed by atoms with Gasteiger partial charge >= 0.3 is 0 Å². The summed E-state index contributed by atoms with van der Waals surface area (Å²) in [7, 11) is 2.26. The maximum atomic E-state index is 4.40. The highest BCUT2D eigenvalue weighted by Crippen LogP contribution is 2.29. The smallest absolute Gasteiger partial charge is 0.0121 e. The fourth-order valence-electron chi connectivity index (χ4n) is 3.23. The van der Waals surface area contributed by atoms with Gasteiger partial charge in [-0.05, 0) is 77.5 Å². The van der Waals surface area contributed by atoms with E-state index in [0.717, 1.165) is 12.0 Å². The summed E-state index contributed by atoms with van der Waals surface area (Å²) in [5.74, 6) is 1.59. The number of hydrogen-bond acceptors (Lipinski definition) is 2. The Bertz CT molecular complexity index is 187. The van der Waals surface area contributed by atoms with Crippen LogP contribution in [0.1, 0.15) is 32.1 Å². The van der Waals surface area contributed by atoms with Crippen LogP contribution in [0.3, 0.4) is 0 Å². The largest absolute Gasteiger partial charge is 0.317 e. The molecule has 2 heterocycles. The van der Waals surface area contributed by atoms with Crippen molar-refractivity contribution in [2.75, 3.05) is 26.7 Å². The Labute approximate surface area is 94.4 Å². The van der Waals surface area contributed by atoms with Crippen molar-refractivity contribution in [2.24, 2.45) is 11.8 Å². The number of hydrogen-bond donors (Lipinski definition) is 1. The zero-order valence-corrected chi connectivity index (χ0v) is 10.0. The van der Waals surface area contributed by atoms with Gasteiger partial charge in [-0.15, -0.1) is 0 Å². The summed E-state index contributed by atoms with van der Waals surface area (Å²) in [4.78, 5) is 2.51. The van der Waals surface area contributed by atoms with Gasteiger partial charge in [0.15, 0.2) is 0 Å². The van der Waals surface area contributed by atoms with Gasteiger partial charge in [-0.1, -0.05) is 0 Å². The lowest BCUT2D eigenvalue weighted by Crippen LogP contribution is -2.34. The highest BCUT2D eigenvalue weighted by Gasteiger charge is 2.28. The van der Waals surface area contributed by atoms with E-state index in [4.69, 9.17) is 0 Å². The average Bonchev–Trinajstić information content (AvgIpc) is 2.66. The predicted octanol–water partition coefficient (Wildman–Crippen LogP) is 1.92. The van der Waals surface area contributed by atoms with Crippen LogP contribution in [0.25, 0.3) is 0 Å². The molecule has 0 aromatic heterocycles. The first-order chi connectivity index (χ1) is 7.27. The van der Waals surface area contributed by atoms with Crippen molar-refractivity contribution in [3.63, 3.8) is 0 Å². The van der Waals surface area contributed by atoms with Crippen molar-refractivity contribution in [2.45, 2.75) is 38.1 Å². The first-order valence-corrected chi connectivity index (χ1v) is 6.51. The van der Waals surface area contributed by atoms with E-state index in [-0.39, 0.29) is 0 Å². The van der Waals surface area contributed by atoms with Crippen molar-refractivity contribution >= 4 is 0 Å². The molecule has 0 aromatic carbocycles. The van der Waals surface area contributed by atoms with Crippen LogP contribution in [0.4, 0.5) is 0 Å². The molecule has 0 aliphatic carbocycles. The average molecular weight is 209 g/mol. The van der Waals surface area contributed by atoms with Crippen molar-refractivity contribution < 1.29 is 0 Å². The van der Waals surface area contributed by atoms with Crippen LogP contribution in [-0.2, 0) is 0 Å². The molecule has 1 radical (unpaired) electrons. The Morgan fingerprint density at radius 2 is 2.07 bits per heavy atom. The molecule has 2 atom stereocenters. The molecule has 2 aliphatic heterocycles. The van der Waals surface area contributed by atoms with Crippen LogP contribution in [0.2, 0.25) is 0 Å². The minimum Gasteiger partial charge on any atom is -0.317 e. The van der Waals surface area contributed by atoms with Gasteiger partial charge in [-0.25, -0.2) is 0 Å². The maximum absolute atomic E-state index is 4.40. The Kier molecular flexibility index (Phi) is 4.04. The Morgan fingerprint density at radius 1 is 1.33 bits per heavy atom. The molecule has 0 amide bonds. The topological polar surface area (TPSA) is 15.3 Å². The van der Waals surface area contributed by atoms with Crippen LogP contribution in [0, 0.1) is 18.8 Å². The van der Waals surface area contributed by atoms with Gasteiger partial charge in [0.1, 0.15) is 0 Å². The predicted molar refractivity (Wildman–Crippen MR) is 64.7 cm³/mol. The summed E-state index contributed by atoms with van der Waals surface area (Å²) < 4.78 is 0. The molecule has 2 aliphatic rings. The van der Waals surface area contributed by atoms with E-state index >= 15 is 0 Å². The first kappa shape index (κ1) is 11.4. The number of piperidine rings is 1. The van der Waals surface area contributed by atoms with Crippen molar-refractivity contribution in [1.29, 1.82) is 0 Å². The molecule has 2 saturated heterocycles. The molecule has 2 fully saturated rings. The second kappa shape index (κ2) is 5.31. The van der Waals surface area contributed by atoms with Crippen molar-refractivity contribution in [3.8, 4) is 0 Å². The molecular formula is C13H25N2. The quantitative estimate of drug-likeness (QED) is 0.764. The van der Waals surface area contributed by atoms with Crippen LogP contribution < -0.4 is 5.32 Å². The van der Waals surface area contributed by atoms with Crippen LogP contribution in [0.15, 0.2) is 0 Å². The van der Waals surface area contributed by atoms with Crippen LogP contribution in [0.5, 0.6) is 0 Å². The van der Waals surface area contributed by atoms with Crippen LogP contribution >= 0.6 is 0 Å². The molecule has 0 spiro atoms. The molecule has 1 N–H and O–H groups in total. The minimum atomic E-state index is 0.653. The molecule has 15 heavy (non-hydrogen) atoms. The first-order valence-electron chi connectivity index (χ1n) is 6.51. The fraction of sp³-hybridized carbons (Fsp3) is 0.923. The summed E-state index contributed by atoms with van der Waals surface area (Å²) in [5.41, 5.74) is 0. The Hall–Kier alpha value is -0.0800. The number of rotatable bonds is 3. The molecule has 2 heteroatoms. The standard InChI is InChI=1S/C13H25N2/c1-11(13-4-3-9-15(13)2)10-12-5-7-14-8-6-12/h11-14H,1,3-10H2,2H3.